The number of aryl methyl sites for hydroxylation is 1. The summed E-state index contributed by atoms with van der Waals surface area (Å²) < 4.78 is 61.4. The average molecular weight is 292 g/mol. The number of benzene rings is 1. The predicted molar refractivity (Wildman–Crippen MR) is 61.8 cm³/mol. The van der Waals surface area contributed by atoms with E-state index in [0.717, 1.165) is 6.07 Å². The summed E-state index contributed by atoms with van der Waals surface area (Å²) in [5, 5.41) is 8.69. The van der Waals surface area contributed by atoms with Gasteiger partial charge in [-0.05, 0) is 24.6 Å². The van der Waals surface area contributed by atoms with Crippen molar-refractivity contribution in [3.63, 3.8) is 0 Å². The highest BCUT2D eigenvalue weighted by atomic mass is 32.2. The molecule has 0 spiro atoms. The van der Waals surface area contributed by atoms with Crippen LogP contribution in [0.4, 0.5) is 13.2 Å². The van der Waals surface area contributed by atoms with Gasteiger partial charge in [-0.25, -0.2) is 13.1 Å². The molecule has 0 unspecified atom stereocenters. The third kappa shape index (κ3) is 4.54. The zero-order valence-corrected chi connectivity index (χ0v) is 10.8. The van der Waals surface area contributed by atoms with Crippen LogP contribution in [0.5, 0.6) is 0 Å². The lowest BCUT2D eigenvalue weighted by atomic mass is 10.2. The van der Waals surface area contributed by atoms with E-state index in [-0.39, 0.29) is 10.5 Å². The Balaban J connectivity index is 2.92. The van der Waals surface area contributed by atoms with Crippen LogP contribution in [0, 0.1) is 18.3 Å². The molecule has 0 aliphatic rings. The maximum Gasteiger partial charge on any atom is 0.390 e. The van der Waals surface area contributed by atoms with E-state index in [1.807, 2.05) is 4.72 Å². The minimum Gasteiger partial charge on any atom is -0.211 e. The summed E-state index contributed by atoms with van der Waals surface area (Å²) in [6.07, 6.45) is -5.67. The van der Waals surface area contributed by atoms with Gasteiger partial charge in [0.15, 0.2) is 0 Å². The topological polar surface area (TPSA) is 70.0 Å². The molecule has 0 bridgehead atoms. The molecule has 1 rings (SSSR count). The second-order valence-electron chi connectivity index (χ2n) is 3.86. The summed E-state index contributed by atoms with van der Waals surface area (Å²) in [4.78, 5) is -0.186. The molecule has 0 saturated carbocycles. The van der Waals surface area contributed by atoms with Gasteiger partial charge < -0.3 is 0 Å². The molecular formula is C11H11F3N2O2S. The molecule has 4 nitrogen and oxygen atoms in total. The van der Waals surface area contributed by atoms with Crippen molar-refractivity contribution in [3.8, 4) is 6.07 Å². The Morgan fingerprint density at radius 3 is 2.53 bits per heavy atom. The van der Waals surface area contributed by atoms with Gasteiger partial charge in [0.1, 0.15) is 0 Å². The number of nitriles is 1. The first-order valence-electron chi connectivity index (χ1n) is 5.23. The first-order chi connectivity index (χ1) is 8.65. The quantitative estimate of drug-likeness (QED) is 0.923. The van der Waals surface area contributed by atoms with Gasteiger partial charge in [-0.1, -0.05) is 6.07 Å². The van der Waals surface area contributed by atoms with Crippen LogP contribution < -0.4 is 4.72 Å². The molecule has 0 aliphatic heterocycles. The summed E-state index contributed by atoms with van der Waals surface area (Å²) in [6.45, 7) is 0.765. The number of nitrogens with one attached hydrogen (secondary N) is 1. The first-order valence-corrected chi connectivity index (χ1v) is 6.71. The number of sulfonamides is 1. The lowest BCUT2D eigenvalue weighted by Crippen LogP contribution is -2.28. The Labute approximate surface area is 108 Å². The third-order valence-electron chi connectivity index (χ3n) is 2.31. The minimum absolute atomic E-state index is 0.127. The number of rotatable bonds is 4. The molecule has 0 aliphatic carbocycles. The molecule has 104 valence electrons. The maximum absolute atomic E-state index is 12.0. The molecule has 1 aromatic carbocycles. The lowest BCUT2D eigenvalue weighted by molar-refractivity contribution is -0.132. The summed E-state index contributed by atoms with van der Waals surface area (Å²) in [6, 6.07) is 5.77. The molecule has 0 fully saturated rings. The van der Waals surface area contributed by atoms with Gasteiger partial charge in [-0.15, -0.1) is 0 Å². The molecule has 0 saturated heterocycles. The number of nitrogens with zero attached hydrogens (tertiary/aromatic N) is 1. The highest BCUT2D eigenvalue weighted by Gasteiger charge is 2.27. The van der Waals surface area contributed by atoms with Crippen LogP contribution in [0.15, 0.2) is 23.1 Å². The predicted octanol–water partition coefficient (Wildman–Crippen LogP) is 2.10. The van der Waals surface area contributed by atoms with E-state index in [4.69, 9.17) is 5.26 Å². The van der Waals surface area contributed by atoms with Crippen molar-refractivity contribution < 1.29 is 21.6 Å². The fourth-order valence-corrected chi connectivity index (χ4v) is 2.66. The fraction of sp³-hybridized carbons (Fsp3) is 0.364. The van der Waals surface area contributed by atoms with Crippen molar-refractivity contribution in [1.82, 2.24) is 4.72 Å². The molecule has 0 radical (unpaired) electrons. The van der Waals surface area contributed by atoms with Gasteiger partial charge in [0.05, 0.1) is 22.9 Å². The normalized spacial score (nSPS) is 12.2. The molecular weight excluding hydrogens is 281 g/mol. The van der Waals surface area contributed by atoms with Crippen molar-refractivity contribution in [2.75, 3.05) is 6.54 Å². The van der Waals surface area contributed by atoms with Crippen molar-refractivity contribution in [3.05, 3.63) is 29.3 Å². The highest BCUT2D eigenvalue weighted by Crippen LogP contribution is 2.20. The molecule has 0 heterocycles. The van der Waals surface area contributed by atoms with E-state index < -0.39 is 29.2 Å². The monoisotopic (exact) mass is 292 g/mol. The van der Waals surface area contributed by atoms with E-state index >= 15 is 0 Å². The summed E-state index contributed by atoms with van der Waals surface area (Å²) in [7, 11) is -4.05. The standard InChI is InChI=1S/C11H11F3N2O2S/c1-8-2-3-9(7-15)6-10(8)19(17,18)16-5-4-11(12,13)14/h2-3,6,16H,4-5H2,1H3. The van der Waals surface area contributed by atoms with Gasteiger partial charge in [0.2, 0.25) is 10.0 Å². The van der Waals surface area contributed by atoms with E-state index in [0.29, 0.717) is 5.56 Å². The summed E-state index contributed by atoms with van der Waals surface area (Å²) >= 11 is 0. The molecule has 19 heavy (non-hydrogen) atoms. The SMILES string of the molecule is Cc1ccc(C#N)cc1S(=O)(=O)NCCC(F)(F)F. The van der Waals surface area contributed by atoms with Crippen molar-refractivity contribution in [1.29, 1.82) is 5.26 Å². The Bertz CT molecular complexity index is 603. The van der Waals surface area contributed by atoms with Gasteiger partial charge in [-0.3, -0.25) is 0 Å². The smallest absolute Gasteiger partial charge is 0.211 e. The lowest BCUT2D eigenvalue weighted by Gasteiger charge is -2.10. The summed E-state index contributed by atoms with van der Waals surface area (Å²) in [5.41, 5.74) is 0.486. The molecule has 0 amide bonds. The van der Waals surface area contributed by atoms with Crippen molar-refractivity contribution >= 4 is 10.0 Å². The highest BCUT2D eigenvalue weighted by molar-refractivity contribution is 7.89. The second kappa shape index (κ2) is 5.59. The van der Waals surface area contributed by atoms with Crippen LogP contribution in [-0.4, -0.2) is 21.1 Å². The Hall–Kier alpha value is -1.59. The molecule has 0 aromatic heterocycles. The van der Waals surface area contributed by atoms with Crippen LogP contribution in [0.2, 0.25) is 0 Å². The third-order valence-corrected chi connectivity index (χ3v) is 3.91. The van der Waals surface area contributed by atoms with E-state index in [2.05, 4.69) is 0 Å². The van der Waals surface area contributed by atoms with Crippen LogP contribution in [-0.2, 0) is 10.0 Å². The van der Waals surface area contributed by atoms with E-state index in [1.54, 1.807) is 6.07 Å². The van der Waals surface area contributed by atoms with Crippen LogP contribution in [0.1, 0.15) is 17.5 Å². The number of hydrogen-bond donors (Lipinski definition) is 1. The fourth-order valence-electron chi connectivity index (χ4n) is 1.36. The zero-order valence-electron chi connectivity index (χ0n) is 9.95. The van der Waals surface area contributed by atoms with Gasteiger partial charge in [-0.2, -0.15) is 18.4 Å². The van der Waals surface area contributed by atoms with Gasteiger partial charge >= 0.3 is 6.18 Å². The zero-order chi connectivity index (χ0) is 14.7. The van der Waals surface area contributed by atoms with E-state index in [1.165, 1.54) is 19.1 Å². The Morgan fingerprint density at radius 2 is 2.00 bits per heavy atom. The minimum atomic E-state index is -4.42. The van der Waals surface area contributed by atoms with Crippen LogP contribution in [0.3, 0.4) is 0 Å². The van der Waals surface area contributed by atoms with Crippen LogP contribution in [0.25, 0.3) is 0 Å². The molecule has 1 N–H and O–H groups in total. The van der Waals surface area contributed by atoms with Crippen LogP contribution >= 0.6 is 0 Å². The first kappa shape index (κ1) is 15.5. The maximum atomic E-state index is 12.0. The van der Waals surface area contributed by atoms with E-state index in [9.17, 15) is 21.6 Å². The molecule has 1 aromatic rings. The molecule has 8 heteroatoms. The van der Waals surface area contributed by atoms with Crippen molar-refractivity contribution in [2.24, 2.45) is 0 Å². The van der Waals surface area contributed by atoms with Crippen molar-refractivity contribution in [2.45, 2.75) is 24.4 Å². The largest absolute Gasteiger partial charge is 0.390 e. The number of halogens is 3. The number of hydrogen-bond acceptors (Lipinski definition) is 3. The summed E-state index contributed by atoms with van der Waals surface area (Å²) in [5.74, 6) is 0. The second-order valence-corrected chi connectivity index (χ2v) is 5.59. The average Bonchev–Trinajstić information content (AvgIpc) is 2.27. The van der Waals surface area contributed by atoms with Gasteiger partial charge in [0.25, 0.3) is 0 Å². The Morgan fingerprint density at radius 1 is 1.37 bits per heavy atom. The Kier molecular flexibility index (Phi) is 4.55. The number of alkyl halides is 3. The molecule has 0 atom stereocenters. The van der Waals surface area contributed by atoms with Gasteiger partial charge in [0, 0.05) is 6.54 Å².